The van der Waals surface area contributed by atoms with Crippen LogP contribution in [0.3, 0.4) is 0 Å². The van der Waals surface area contributed by atoms with Crippen LogP contribution < -0.4 is 10.1 Å². The zero-order valence-electron chi connectivity index (χ0n) is 28.5. The standard InChI is InChI=1S/C47H37N3O/c1-30-27-28-39(48-47(32-17-6-3-7-18-32)49-44(30)31-15-4-2-5-16-31)33-19-14-20-34(29-33)50-40-25-12-10-23-37(40)42-35-21-8-9-22-36(35)43-38-24-11-13-26-41(38)51-46(43)45(42)50/h2-26,29,38,41,47,49H,27-28H2,1H3/b44-30+,48-39+. The zero-order valence-corrected chi connectivity index (χ0v) is 28.5. The van der Waals surface area contributed by atoms with E-state index >= 15 is 0 Å². The average Bonchev–Trinajstić information content (AvgIpc) is 3.75. The van der Waals surface area contributed by atoms with Crippen LogP contribution in [0, 0.1) is 0 Å². The molecule has 2 aliphatic heterocycles. The van der Waals surface area contributed by atoms with Gasteiger partial charge in [-0.15, -0.1) is 0 Å². The van der Waals surface area contributed by atoms with E-state index in [9.17, 15) is 0 Å². The predicted molar refractivity (Wildman–Crippen MR) is 211 cm³/mol. The maximum Gasteiger partial charge on any atom is 0.149 e. The van der Waals surface area contributed by atoms with Gasteiger partial charge in [-0.25, -0.2) is 0 Å². The number of aromatic nitrogens is 1. The molecule has 51 heavy (non-hydrogen) atoms. The molecule has 1 aromatic heterocycles. The first-order valence-electron chi connectivity index (χ1n) is 18.0. The second-order valence-electron chi connectivity index (χ2n) is 13.8. The largest absolute Gasteiger partial charge is 0.483 e. The van der Waals surface area contributed by atoms with Crippen molar-refractivity contribution in [2.75, 3.05) is 0 Å². The van der Waals surface area contributed by atoms with E-state index < -0.39 is 0 Å². The fourth-order valence-corrected chi connectivity index (χ4v) is 8.44. The van der Waals surface area contributed by atoms with Crippen LogP contribution in [0.25, 0.3) is 44.0 Å². The summed E-state index contributed by atoms with van der Waals surface area (Å²) in [5.74, 6) is 1.17. The minimum atomic E-state index is -0.226. The lowest BCUT2D eigenvalue weighted by Crippen LogP contribution is -2.23. The molecule has 0 amide bonds. The number of benzene rings is 6. The number of rotatable bonds is 4. The molecule has 3 heterocycles. The van der Waals surface area contributed by atoms with Gasteiger partial charge in [0.05, 0.1) is 11.0 Å². The fraction of sp³-hybridized carbons (Fsp3) is 0.128. The molecule has 3 atom stereocenters. The van der Waals surface area contributed by atoms with Crippen molar-refractivity contribution in [1.82, 2.24) is 9.88 Å². The molecule has 246 valence electrons. The Balaban J connectivity index is 1.17. The number of aliphatic imine (C=N–C) groups is 1. The second kappa shape index (κ2) is 12.0. The molecule has 1 N–H and O–H groups in total. The molecule has 10 rings (SSSR count). The van der Waals surface area contributed by atoms with Crippen LogP contribution in [0.4, 0.5) is 0 Å². The third-order valence-electron chi connectivity index (χ3n) is 10.8. The molecule has 0 radical (unpaired) electrons. The summed E-state index contributed by atoms with van der Waals surface area (Å²) in [6.07, 6.45) is 10.3. The Labute approximate surface area is 297 Å². The van der Waals surface area contributed by atoms with Crippen molar-refractivity contribution in [3.63, 3.8) is 0 Å². The summed E-state index contributed by atoms with van der Waals surface area (Å²) in [5, 5.41) is 8.86. The number of ether oxygens (including phenoxy) is 1. The maximum atomic E-state index is 6.93. The monoisotopic (exact) mass is 659 g/mol. The van der Waals surface area contributed by atoms with E-state index in [1.807, 2.05) is 0 Å². The van der Waals surface area contributed by atoms with Gasteiger partial charge in [0.2, 0.25) is 0 Å². The van der Waals surface area contributed by atoms with Crippen molar-refractivity contribution in [1.29, 1.82) is 0 Å². The van der Waals surface area contributed by atoms with Crippen LogP contribution in [0.2, 0.25) is 0 Å². The van der Waals surface area contributed by atoms with Crippen LogP contribution in [0.15, 0.2) is 168 Å². The summed E-state index contributed by atoms with van der Waals surface area (Å²) in [6.45, 7) is 2.25. The van der Waals surface area contributed by atoms with Crippen LogP contribution in [0.1, 0.15) is 54.1 Å². The summed E-state index contributed by atoms with van der Waals surface area (Å²) in [5.41, 5.74) is 11.7. The number of fused-ring (bicyclic) bond motifs is 10. The van der Waals surface area contributed by atoms with E-state index in [-0.39, 0.29) is 18.2 Å². The molecular weight excluding hydrogens is 623 g/mol. The van der Waals surface area contributed by atoms with Crippen molar-refractivity contribution in [2.45, 2.75) is 38.0 Å². The molecule has 6 aromatic carbocycles. The molecule has 0 bridgehead atoms. The Morgan fingerprint density at radius 1 is 0.686 bits per heavy atom. The topological polar surface area (TPSA) is 38.5 Å². The minimum Gasteiger partial charge on any atom is -0.483 e. The number of allylic oxidation sites excluding steroid dienone is 3. The Kier molecular flexibility index (Phi) is 7.02. The van der Waals surface area contributed by atoms with Gasteiger partial charge in [-0.2, -0.15) is 0 Å². The first-order chi connectivity index (χ1) is 25.2. The van der Waals surface area contributed by atoms with Gasteiger partial charge < -0.3 is 14.6 Å². The number of nitrogens with zero attached hydrogens (tertiary/aromatic N) is 2. The van der Waals surface area contributed by atoms with E-state index in [2.05, 4.69) is 175 Å². The van der Waals surface area contributed by atoms with Gasteiger partial charge in [0.15, 0.2) is 0 Å². The van der Waals surface area contributed by atoms with Crippen molar-refractivity contribution < 1.29 is 4.74 Å². The van der Waals surface area contributed by atoms with Crippen molar-refractivity contribution in [2.24, 2.45) is 4.99 Å². The third kappa shape index (κ3) is 4.85. The first kappa shape index (κ1) is 29.8. The predicted octanol–water partition coefficient (Wildman–Crippen LogP) is 11.2. The first-order valence-corrected chi connectivity index (χ1v) is 18.0. The van der Waals surface area contributed by atoms with Gasteiger partial charge in [-0.1, -0.05) is 133 Å². The molecular formula is C47H37N3O. The Bertz CT molecular complexity index is 2610. The quantitative estimate of drug-likeness (QED) is 0.204. The minimum absolute atomic E-state index is 0.0134. The van der Waals surface area contributed by atoms with Crippen LogP contribution in [0.5, 0.6) is 5.75 Å². The SMILES string of the molecule is C/C1=C(/c2ccccc2)NC(c2ccccc2)/N=C(/c2cccc(-n3c4ccccc4c4c5ccccc5c5c(c43)OC3C=CC=CC53)c2)CC1. The molecule has 4 heteroatoms. The highest BCUT2D eigenvalue weighted by Gasteiger charge is 2.37. The lowest BCUT2D eigenvalue weighted by Gasteiger charge is -2.26. The molecule has 0 fully saturated rings. The highest BCUT2D eigenvalue weighted by atomic mass is 16.5. The van der Waals surface area contributed by atoms with Crippen molar-refractivity contribution >= 4 is 44.0 Å². The van der Waals surface area contributed by atoms with Crippen LogP contribution >= 0.6 is 0 Å². The molecule has 3 aliphatic rings. The Morgan fingerprint density at radius 3 is 2.24 bits per heavy atom. The molecule has 0 saturated carbocycles. The molecule has 1 aliphatic carbocycles. The molecule has 7 aromatic rings. The van der Waals surface area contributed by atoms with Crippen LogP contribution in [-0.4, -0.2) is 16.4 Å². The smallest absolute Gasteiger partial charge is 0.149 e. The Hall–Kier alpha value is -6.13. The fourth-order valence-electron chi connectivity index (χ4n) is 8.44. The van der Waals surface area contributed by atoms with Gasteiger partial charge >= 0.3 is 0 Å². The van der Waals surface area contributed by atoms with E-state index in [1.54, 1.807) is 0 Å². The van der Waals surface area contributed by atoms with E-state index in [4.69, 9.17) is 9.73 Å². The molecule has 3 unspecified atom stereocenters. The number of hydrogen-bond donors (Lipinski definition) is 1. The normalized spacial score (nSPS) is 22.1. The van der Waals surface area contributed by atoms with Crippen molar-refractivity contribution in [3.8, 4) is 11.4 Å². The maximum absolute atomic E-state index is 6.93. The highest BCUT2D eigenvalue weighted by Crippen LogP contribution is 2.52. The van der Waals surface area contributed by atoms with Gasteiger partial charge in [-0.3, -0.25) is 4.99 Å². The number of para-hydroxylation sites is 1. The van der Waals surface area contributed by atoms with Gasteiger partial charge in [0.1, 0.15) is 18.0 Å². The summed E-state index contributed by atoms with van der Waals surface area (Å²) in [4.78, 5) is 5.50. The summed E-state index contributed by atoms with van der Waals surface area (Å²) >= 11 is 0. The number of hydrogen-bond acceptors (Lipinski definition) is 3. The van der Waals surface area contributed by atoms with Gasteiger partial charge in [-0.05, 0) is 77.1 Å². The summed E-state index contributed by atoms with van der Waals surface area (Å²) in [6, 6.07) is 47.8. The molecule has 4 nitrogen and oxygen atoms in total. The summed E-state index contributed by atoms with van der Waals surface area (Å²) in [7, 11) is 0. The molecule has 0 saturated heterocycles. The Morgan fingerprint density at radius 2 is 1.39 bits per heavy atom. The second-order valence-corrected chi connectivity index (χ2v) is 13.8. The molecule has 0 spiro atoms. The number of nitrogens with one attached hydrogen (secondary N) is 1. The van der Waals surface area contributed by atoms with Crippen LogP contribution in [-0.2, 0) is 0 Å². The van der Waals surface area contributed by atoms with Gasteiger partial charge in [0.25, 0.3) is 0 Å². The van der Waals surface area contributed by atoms with Gasteiger partial charge in [0, 0.05) is 39.3 Å². The van der Waals surface area contributed by atoms with E-state index in [0.29, 0.717) is 0 Å². The van der Waals surface area contributed by atoms with E-state index in [1.165, 1.54) is 43.8 Å². The third-order valence-corrected chi connectivity index (χ3v) is 10.8. The lowest BCUT2D eigenvalue weighted by atomic mass is 9.87. The average molecular weight is 660 g/mol. The highest BCUT2D eigenvalue weighted by molar-refractivity contribution is 6.24. The summed E-state index contributed by atoms with van der Waals surface area (Å²) < 4.78 is 9.36. The van der Waals surface area contributed by atoms with Crippen molar-refractivity contribution in [3.05, 3.63) is 186 Å². The lowest BCUT2D eigenvalue weighted by molar-refractivity contribution is 0.271. The van der Waals surface area contributed by atoms with E-state index in [0.717, 1.165) is 52.3 Å². The zero-order chi connectivity index (χ0) is 33.9.